The van der Waals surface area contributed by atoms with E-state index in [0.717, 1.165) is 0 Å². The van der Waals surface area contributed by atoms with E-state index in [2.05, 4.69) is 15.1 Å². The number of hydrogen-bond acceptors (Lipinski definition) is 5. The molecule has 9 heteroatoms. The molecule has 8 nitrogen and oxygen atoms in total. The van der Waals surface area contributed by atoms with Crippen LogP contribution >= 0.6 is 0 Å². The first kappa shape index (κ1) is 16.0. The number of aryl methyl sites for hydroxylation is 1. The molecule has 2 N–H and O–H groups in total. The summed E-state index contributed by atoms with van der Waals surface area (Å²) in [6.07, 6.45) is 1.68. The second kappa shape index (κ2) is 6.16. The van der Waals surface area contributed by atoms with Gasteiger partial charge in [-0.1, -0.05) is 0 Å². The molecule has 1 heterocycles. The van der Waals surface area contributed by atoms with Crippen LogP contribution in [-0.4, -0.2) is 38.3 Å². The van der Waals surface area contributed by atoms with Gasteiger partial charge in [-0.3, -0.25) is 9.48 Å². The fourth-order valence-electron chi connectivity index (χ4n) is 1.81. The Bertz CT molecular complexity index is 798. The first-order valence-electron chi connectivity index (χ1n) is 6.30. The number of benzene rings is 1. The molecule has 0 atom stereocenters. The summed E-state index contributed by atoms with van der Waals surface area (Å²) < 4.78 is 32.7. The van der Waals surface area contributed by atoms with Crippen molar-refractivity contribution in [1.29, 1.82) is 0 Å². The molecule has 2 aromatic rings. The maximum atomic E-state index is 12.2. The van der Waals surface area contributed by atoms with Crippen molar-refractivity contribution in [3.63, 3.8) is 0 Å². The third-order valence-corrected chi connectivity index (χ3v) is 4.37. The molecule has 0 unspecified atom stereocenters. The summed E-state index contributed by atoms with van der Waals surface area (Å²) >= 11 is 0. The number of hydrogen-bond donors (Lipinski definition) is 2. The first-order valence-corrected chi connectivity index (χ1v) is 7.78. The van der Waals surface area contributed by atoms with E-state index < -0.39 is 15.9 Å². The molecule has 1 aromatic carbocycles. The number of sulfonamides is 1. The molecule has 1 aromatic heterocycles. The van der Waals surface area contributed by atoms with Crippen LogP contribution in [0.15, 0.2) is 35.4 Å². The van der Waals surface area contributed by atoms with Gasteiger partial charge in [0, 0.05) is 24.9 Å². The number of amides is 1. The molecule has 22 heavy (non-hydrogen) atoms. The van der Waals surface area contributed by atoms with E-state index in [-0.39, 0.29) is 16.2 Å². The van der Waals surface area contributed by atoms with Gasteiger partial charge in [-0.15, -0.1) is 0 Å². The number of methoxy groups -OCH3 is 1. The Labute approximate surface area is 128 Å². The predicted molar refractivity (Wildman–Crippen MR) is 80.4 cm³/mol. The number of nitrogens with zero attached hydrogens (tertiary/aromatic N) is 2. The van der Waals surface area contributed by atoms with E-state index in [1.54, 1.807) is 24.0 Å². The summed E-state index contributed by atoms with van der Waals surface area (Å²) in [6.45, 7) is 0. The number of carbonyl (C=O) groups excluding carboxylic acids is 1. The van der Waals surface area contributed by atoms with Crippen molar-refractivity contribution in [3.05, 3.63) is 36.0 Å². The summed E-state index contributed by atoms with van der Waals surface area (Å²) in [7, 11) is 0.628. The SMILES string of the molecule is CNS(=O)(=O)c1cc(C(=O)Nc2ccn(C)n2)ccc1OC. The van der Waals surface area contributed by atoms with Gasteiger partial charge >= 0.3 is 0 Å². The van der Waals surface area contributed by atoms with Gasteiger partial charge in [0.25, 0.3) is 5.91 Å². The van der Waals surface area contributed by atoms with Gasteiger partial charge in [-0.2, -0.15) is 5.10 Å². The van der Waals surface area contributed by atoms with Crippen LogP contribution in [-0.2, 0) is 17.1 Å². The third kappa shape index (κ3) is 3.26. The molecule has 0 radical (unpaired) electrons. The monoisotopic (exact) mass is 324 g/mol. The summed E-state index contributed by atoms with van der Waals surface area (Å²) in [6, 6.07) is 5.79. The van der Waals surface area contributed by atoms with Crippen molar-refractivity contribution in [3.8, 4) is 5.75 Å². The second-order valence-corrected chi connectivity index (χ2v) is 6.26. The number of rotatable bonds is 5. The zero-order valence-electron chi connectivity index (χ0n) is 12.3. The molecule has 0 bridgehead atoms. The molecule has 1 amide bonds. The fourth-order valence-corrected chi connectivity index (χ4v) is 2.73. The van der Waals surface area contributed by atoms with Gasteiger partial charge in [0.2, 0.25) is 10.0 Å². The van der Waals surface area contributed by atoms with Gasteiger partial charge in [0.15, 0.2) is 5.82 Å². The minimum atomic E-state index is -3.74. The highest BCUT2D eigenvalue weighted by molar-refractivity contribution is 7.89. The van der Waals surface area contributed by atoms with Gasteiger partial charge in [-0.25, -0.2) is 13.1 Å². The number of anilines is 1. The van der Waals surface area contributed by atoms with E-state index in [9.17, 15) is 13.2 Å². The van der Waals surface area contributed by atoms with Crippen molar-refractivity contribution >= 4 is 21.7 Å². The first-order chi connectivity index (χ1) is 10.4. The fraction of sp³-hybridized carbons (Fsp3) is 0.231. The van der Waals surface area contributed by atoms with E-state index in [1.165, 1.54) is 32.4 Å². The summed E-state index contributed by atoms with van der Waals surface area (Å²) in [5.41, 5.74) is 0.181. The van der Waals surface area contributed by atoms with Crippen molar-refractivity contribution < 1.29 is 17.9 Å². The quantitative estimate of drug-likeness (QED) is 0.838. The molecule has 0 fully saturated rings. The van der Waals surface area contributed by atoms with Gasteiger partial charge in [0.1, 0.15) is 10.6 Å². The lowest BCUT2D eigenvalue weighted by molar-refractivity contribution is 0.102. The van der Waals surface area contributed by atoms with E-state index in [4.69, 9.17) is 4.74 Å². The maximum absolute atomic E-state index is 12.2. The molecule has 0 aliphatic carbocycles. The van der Waals surface area contributed by atoms with Crippen molar-refractivity contribution in [2.75, 3.05) is 19.5 Å². The van der Waals surface area contributed by atoms with Crippen LogP contribution in [0, 0.1) is 0 Å². The average molecular weight is 324 g/mol. The molecule has 0 spiro atoms. The lowest BCUT2D eigenvalue weighted by Crippen LogP contribution is -2.20. The Morgan fingerprint density at radius 1 is 1.32 bits per heavy atom. The molecular weight excluding hydrogens is 308 g/mol. The number of nitrogens with one attached hydrogen (secondary N) is 2. The van der Waals surface area contributed by atoms with Crippen LogP contribution in [0.3, 0.4) is 0 Å². The Kier molecular flexibility index (Phi) is 4.48. The largest absolute Gasteiger partial charge is 0.495 e. The molecule has 2 rings (SSSR count). The zero-order valence-corrected chi connectivity index (χ0v) is 13.1. The molecule has 0 aliphatic heterocycles. The minimum absolute atomic E-state index is 0.105. The van der Waals surface area contributed by atoms with Crippen LogP contribution in [0.2, 0.25) is 0 Å². The van der Waals surface area contributed by atoms with Crippen LogP contribution in [0.1, 0.15) is 10.4 Å². The second-order valence-electron chi connectivity index (χ2n) is 4.40. The van der Waals surface area contributed by atoms with E-state index in [0.29, 0.717) is 5.82 Å². The summed E-state index contributed by atoms with van der Waals surface area (Å²) in [4.78, 5) is 12.1. The van der Waals surface area contributed by atoms with E-state index >= 15 is 0 Å². The van der Waals surface area contributed by atoms with Crippen LogP contribution in [0.25, 0.3) is 0 Å². The molecule has 118 valence electrons. The van der Waals surface area contributed by atoms with Gasteiger partial charge in [0.05, 0.1) is 7.11 Å². The van der Waals surface area contributed by atoms with Crippen LogP contribution < -0.4 is 14.8 Å². The number of carbonyl (C=O) groups is 1. The summed E-state index contributed by atoms with van der Waals surface area (Å²) in [5.74, 6) is 0.0685. The molecular formula is C13H16N4O4S. The lowest BCUT2D eigenvalue weighted by atomic mass is 10.2. The van der Waals surface area contributed by atoms with Crippen molar-refractivity contribution in [2.45, 2.75) is 4.90 Å². The highest BCUT2D eigenvalue weighted by atomic mass is 32.2. The zero-order chi connectivity index (χ0) is 16.3. The Balaban J connectivity index is 2.36. The van der Waals surface area contributed by atoms with Gasteiger partial charge in [-0.05, 0) is 25.2 Å². The number of ether oxygens (including phenoxy) is 1. The normalized spacial score (nSPS) is 11.2. The van der Waals surface area contributed by atoms with Gasteiger partial charge < -0.3 is 10.1 Å². The average Bonchev–Trinajstić information content (AvgIpc) is 2.91. The minimum Gasteiger partial charge on any atom is -0.495 e. The Hall–Kier alpha value is -2.39. The Morgan fingerprint density at radius 3 is 2.59 bits per heavy atom. The summed E-state index contributed by atoms with van der Waals surface area (Å²) in [5, 5.41) is 6.61. The topological polar surface area (TPSA) is 102 Å². The molecule has 0 aliphatic rings. The number of aromatic nitrogens is 2. The van der Waals surface area contributed by atoms with Crippen LogP contribution in [0.5, 0.6) is 5.75 Å². The maximum Gasteiger partial charge on any atom is 0.256 e. The Morgan fingerprint density at radius 2 is 2.05 bits per heavy atom. The lowest BCUT2D eigenvalue weighted by Gasteiger charge is -2.10. The highest BCUT2D eigenvalue weighted by Crippen LogP contribution is 2.25. The molecule has 0 saturated carbocycles. The van der Waals surface area contributed by atoms with Crippen molar-refractivity contribution in [2.24, 2.45) is 7.05 Å². The highest BCUT2D eigenvalue weighted by Gasteiger charge is 2.20. The molecule has 0 saturated heterocycles. The smallest absolute Gasteiger partial charge is 0.256 e. The van der Waals surface area contributed by atoms with Crippen LogP contribution in [0.4, 0.5) is 5.82 Å². The standard InChI is InChI=1S/C13H16N4O4S/c1-14-22(19,20)11-8-9(4-5-10(11)21-3)13(18)15-12-6-7-17(2)16-12/h4-8,14H,1-3H3,(H,15,16,18). The predicted octanol–water partition coefficient (Wildman–Crippen LogP) is 0.589. The van der Waals surface area contributed by atoms with Crippen molar-refractivity contribution in [1.82, 2.24) is 14.5 Å². The third-order valence-electron chi connectivity index (χ3n) is 2.94. The van der Waals surface area contributed by atoms with E-state index in [1.807, 2.05) is 0 Å².